The van der Waals surface area contributed by atoms with Crippen LogP contribution in [0, 0.1) is 116 Å². The highest BCUT2D eigenvalue weighted by Gasteiger charge is 2.68. The number of unbranched alkanes of at least 4 members (excludes halogenated alkanes) is 2. The first-order chi connectivity index (χ1) is 28.0. The molecule has 0 bridgehead atoms. The van der Waals surface area contributed by atoms with Gasteiger partial charge in [-0.1, -0.05) is 33.6 Å². The summed E-state index contributed by atoms with van der Waals surface area (Å²) < 4.78 is 329. The highest BCUT2D eigenvalue weighted by atomic mass is 19.2. The normalized spacial score (nSPS) is 12.2. The molecule has 0 saturated carbocycles. The van der Waals surface area contributed by atoms with Gasteiger partial charge in [0.25, 0.3) is 0 Å². The van der Waals surface area contributed by atoms with Crippen molar-refractivity contribution < 1.29 is 102 Å². The lowest BCUT2D eigenvalue weighted by atomic mass is 9.55. The number of hydrogen-bond acceptors (Lipinski definition) is 3. The van der Waals surface area contributed by atoms with Crippen molar-refractivity contribution in [3.05, 3.63) is 139 Å². The van der Waals surface area contributed by atoms with Crippen LogP contribution in [0.25, 0.3) is 0 Å². The van der Waals surface area contributed by atoms with Crippen LogP contribution < -0.4 is 0 Å². The Hall–Kier alpha value is -4.58. The molecule has 60 heavy (non-hydrogen) atoms. The fourth-order valence-electron chi connectivity index (χ4n) is 6.55. The average Bonchev–Trinajstić information content (AvgIpc) is 3.22. The van der Waals surface area contributed by atoms with E-state index in [4.69, 9.17) is 14.0 Å². The third kappa shape index (κ3) is 7.24. The second kappa shape index (κ2) is 18.2. The van der Waals surface area contributed by atoms with Crippen molar-refractivity contribution in [3.63, 3.8) is 0 Å². The van der Waals surface area contributed by atoms with Gasteiger partial charge >= 0.3 is 7.32 Å². The molecule has 0 aliphatic rings. The minimum atomic E-state index is -5.81. The van der Waals surface area contributed by atoms with Gasteiger partial charge in [-0.3, -0.25) is 0 Å². The Bertz CT molecular complexity index is 2060. The molecule has 0 unspecified atom stereocenters. The third-order valence-electron chi connectivity index (χ3n) is 9.30. The minimum absolute atomic E-state index is 0.0656. The predicted octanol–water partition coefficient (Wildman–Crippen LogP) is 11.7. The van der Waals surface area contributed by atoms with Crippen LogP contribution in [0.2, 0.25) is 0 Å². The van der Waals surface area contributed by atoms with Crippen molar-refractivity contribution in [2.45, 2.75) is 63.9 Å². The molecule has 0 N–H and O–H groups in total. The molecular formula is C36H23BF20O3. The van der Waals surface area contributed by atoms with Crippen LogP contribution in [-0.2, 0) is 25.0 Å². The van der Waals surface area contributed by atoms with Gasteiger partial charge in [0, 0.05) is 24.3 Å². The highest BCUT2D eigenvalue weighted by Crippen LogP contribution is 2.61. The molecule has 0 aliphatic heterocycles. The Labute approximate surface area is 325 Å². The second-order valence-electron chi connectivity index (χ2n) is 12.6. The molecular weight excluding hydrogens is 871 g/mol. The van der Waals surface area contributed by atoms with Crippen molar-refractivity contribution in [3.8, 4) is 0 Å². The molecule has 328 valence electrons. The molecule has 0 amide bonds. The Kier molecular flexibility index (Phi) is 14.6. The number of hydrogen-bond donors (Lipinski definition) is 0. The van der Waals surface area contributed by atoms with E-state index in [1.807, 2.05) is 0 Å². The van der Waals surface area contributed by atoms with E-state index < -0.39 is 177 Å². The van der Waals surface area contributed by atoms with E-state index in [2.05, 4.69) is 0 Å². The summed E-state index contributed by atoms with van der Waals surface area (Å²) >= 11 is 0. The third-order valence-corrected chi connectivity index (χ3v) is 9.30. The molecule has 0 aromatic heterocycles. The van der Waals surface area contributed by atoms with E-state index in [1.165, 1.54) is 13.8 Å². The van der Waals surface area contributed by atoms with E-state index in [-0.39, 0.29) is 32.6 Å². The Morgan fingerprint density at radius 2 is 0.550 bits per heavy atom. The van der Waals surface area contributed by atoms with Gasteiger partial charge in [0.2, 0.25) is 23.3 Å². The first-order valence-electron chi connectivity index (χ1n) is 17.0. The maximum atomic E-state index is 16.6. The molecule has 0 aliphatic carbocycles. The van der Waals surface area contributed by atoms with Gasteiger partial charge in [0.15, 0.2) is 93.1 Å². The van der Waals surface area contributed by atoms with Crippen molar-refractivity contribution in [1.82, 2.24) is 0 Å². The first-order valence-corrected chi connectivity index (χ1v) is 17.0. The van der Waals surface area contributed by atoms with Gasteiger partial charge in [-0.15, -0.1) is 0 Å². The summed E-state index contributed by atoms with van der Waals surface area (Å²) in [5.41, 5.74) is -24.5. The van der Waals surface area contributed by atoms with Crippen molar-refractivity contribution in [2.75, 3.05) is 13.2 Å². The van der Waals surface area contributed by atoms with Crippen molar-refractivity contribution in [2.24, 2.45) is 0 Å². The largest absolute Gasteiger partial charge is 0.640 e. The summed E-state index contributed by atoms with van der Waals surface area (Å²) in [6.07, 6.45) is -2.78. The summed E-state index contributed by atoms with van der Waals surface area (Å²) in [5, 5.41) is 0. The SMILES string of the molecule is CCCCOB(OCCCC)OC(c1c(F)c(F)c(F)c(F)c1F)(c1c(F)c(F)c(F)c(F)c1F)C(CC)(c1c(F)c(F)c(F)c(F)c1F)c1c(F)c(F)c(F)c(F)c1F. The van der Waals surface area contributed by atoms with Gasteiger partial charge < -0.3 is 14.0 Å². The van der Waals surface area contributed by atoms with E-state index >= 15 is 70.2 Å². The smallest absolute Gasteiger partial charge is 0.386 e. The highest BCUT2D eigenvalue weighted by molar-refractivity contribution is 6.36. The molecule has 4 aromatic carbocycles. The monoisotopic (exact) mass is 894 g/mol. The van der Waals surface area contributed by atoms with Gasteiger partial charge in [-0.05, 0) is 19.3 Å². The summed E-state index contributed by atoms with van der Waals surface area (Å²) in [6, 6.07) is 0. The van der Waals surface area contributed by atoms with Crippen LogP contribution in [0.4, 0.5) is 87.8 Å². The summed E-state index contributed by atoms with van der Waals surface area (Å²) in [7, 11) is -3.28. The van der Waals surface area contributed by atoms with Crippen molar-refractivity contribution in [1.29, 1.82) is 0 Å². The predicted molar refractivity (Wildman–Crippen MR) is 165 cm³/mol. The zero-order chi connectivity index (χ0) is 45.5. The molecule has 0 heterocycles. The molecule has 0 saturated heterocycles. The minimum Gasteiger partial charge on any atom is -0.386 e. The molecule has 0 spiro atoms. The fourth-order valence-corrected chi connectivity index (χ4v) is 6.55. The molecule has 24 heteroatoms. The standard InChI is InChI=1S/C36H23BF20O3/c1-4-7-9-58-37(59-10-8-5-2)60-36(13-19(42)27(50)33(56)28(51)20(13)43,14-21(44)29(52)34(57)30(53)22(14)45)35(6-3,11-15(38)23(46)31(54)24(47)16(11)39)12-17(40)25(48)32(55)26(49)18(12)41/h4-10H2,1-3H3. The lowest BCUT2D eigenvalue weighted by molar-refractivity contribution is -0.0460. The van der Waals surface area contributed by atoms with E-state index in [9.17, 15) is 17.6 Å². The summed E-state index contributed by atoms with van der Waals surface area (Å²) in [5.74, 6) is -68.7. The van der Waals surface area contributed by atoms with Gasteiger partial charge in [-0.25, -0.2) is 87.8 Å². The Morgan fingerprint density at radius 3 is 0.767 bits per heavy atom. The average molecular weight is 894 g/mol. The Morgan fingerprint density at radius 1 is 0.333 bits per heavy atom. The maximum absolute atomic E-state index is 16.6. The number of halogens is 20. The lowest BCUT2D eigenvalue weighted by Crippen LogP contribution is -2.59. The number of rotatable bonds is 16. The van der Waals surface area contributed by atoms with Gasteiger partial charge in [0.05, 0.1) is 16.5 Å². The van der Waals surface area contributed by atoms with Gasteiger partial charge in [0.1, 0.15) is 5.60 Å². The van der Waals surface area contributed by atoms with Crippen LogP contribution >= 0.6 is 0 Å². The van der Waals surface area contributed by atoms with E-state index in [0.29, 0.717) is 0 Å². The molecule has 4 aromatic rings. The first kappa shape index (κ1) is 48.1. The quantitative estimate of drug-likeness (QED) is 0.0369. The van der Waals surface area contributed by atoms with Crippen LogP contribution in [0.15, 0.2) is 0 Å². The van der Waals surface area contributed by atoms with E-state index in [1.54, 1.807) is 0 Å². The summed E-state index contributed by atoms with van der Waals surface area (Å²) in [6.45, 7) is 1.17. The van der Waals surface area contributed by atoms with Crippen LogP contribution in [0.5, 0.6) is 0 Å². The fraction of sp³-hybridized carbons (Fsp3) is 0.333. The topological polar surface area (TPSA) is 27.7 Å². The zero-order valence-electron chi connectivity index (χ0n) is 30.3. The lowest BCUT2D eigenvalue weighted by Gasteiger charge is -2.52. The second-order valence-corrected chi connectivity index (χ2v) is 12.6. The molecule has 0 atom stereocenters. The van der Waals surface area contributed by atoms with E-state index in [0.717, 1.165) is 0 Å². The van der Waals surface area contributed by atoms with Crippen LogP contribution in [0.3, 0.4) is 0 Å². The van der Waals surface area contributed by atoms with Crippen LogP contribution in [0.1, 0.15) is 75.1 Å². The van der Waals surface area contributed by atoms with Crippen LogP contribution in [-0.4, -0.2) is 20.5 Å². The Balaban J connectivity index is 2.70. The molecule has 0 fully saturated rings. The molecule has 0 radical (unpaired) electrons. The maximum Gasteiger partial charge on any atom is 0.640 e. The zero-order valence-corrected chi connectivity index (χ0v) is 30.3. The number of benzene rings is 4. The molecule has 4 rings (SSSR count). The van der Waals surface area contributed by atoms with Crippen molar-refractivity contribution >= 4 is 7.32 Å². The van der Waals surface area contributed by atoms with Gasteiger partial charge in [-0.2, -0.15) is 0 Å². The molecule has 3 nitrogen and oxygen atoms in total. The summed E-state index contributed by atoms with van der Waals surface area (Å²) in [4.78, 5) is 0.